The Bertz CT molecular complexity index is 864. The predicted molar refractivity (Wildman–Crippen MR) is 82.7 cm³/mol. The van der Waals surface area contributed by atoms with Crippen LogP contribution >= 0.6 is 22.9 Å². The fourth-order valence-corrected chi connectivity index (χ4v) is 2.66. The number of hydrogen-bond acceptors (Lipinski definition) is 6. The van der Waals surface area contributed by atoms with Gasteiger partial charge in [0.25, 0.3) is 11.8 Å². The van der Waals surface area contributed by atoms with E-state index in [1.54, 1.807) is 0 Å². The lowest BCUT2D eigenvalue weighted by atomic mass is 10.2. The van der Waals surface area contributed by atoms with Crippen molar-refractivity contribution in [2.24, 2.45) is 0 Å². The van der Waals surface area contributed by atoms with E-state index in [9.17, 15) is 9.18 Å². The highest BCUT2D eigenvalue weighted by Gasteiger charge is 2.15. The van der Waals surface area contributed by atoms with Crippen molar-refractivity contribution in [1.82, 2.24) is 20.4 Å². The summed E-state index contributed by atoms with van der Waals surface area (Å²) in [7, 11) is 0. The number of benzene rings is 1. The summed E-state index contributed by atoms with van der Waals surface area (Å²) in [4.78, 5) is 20.5. The SMILES string of the molecule is Cc1ncc(C(=O)NCc2noc(-c3ccc(Cl)cc3F)n2)s1. The number of rotatable bonds is 4. The van der Waals surface area contributed by atoms with Gasteiger partial charge >= 0.3 is 0 Å². The number of aryl methyl sites for hydroxylation is 1. The summed E-state index contributed by atoms with van der Waals surface area (Å²) >= 11 is 6.98. The minimum atomic E-state index is -0.558. The average molecular weight is 353 g/mol. The number of aromatic nitrogens is 3. The van der Waals surface area contributed by atoms with Gasteiger partial charge in [0.2, 0.25) is 0 Å². The van der Waals surface area contributed by atoms with Crippen molar-refractivity contribution in [3.05, 3.63) is 50.9 Å². The Morgan fingerprint density at radius 3 is 3.00 bits per heavy atom. The van der Waals surface area contributed by atoms with Crippen LogP contribution in [0.25, 0.3) is 11.5 Å². The van der Waals surface area contributed by atoms with Gasteiger partial charge in [0.05, 0.1) is 23.3 Å². The molecule has 23 heavy (non-hydrogen) atoms. The molecule has 0 aliphatic rings. The number of halogens is 2. The first-order valence-corrected chi connectivity index (χ1v) is 7.71. The fourth-order valence-electron chi connectivity index (χ4n) is 1.81. The van der Waals surface area contributed by atoms with Crippen LogP contribution in [0, 0.1) is 12.7 Å². The molecule has 118 valence electrons. The summed E-state index contributed by atoms with van der Waals surface area (Å²) in [6, 6.07) is 4.14. The molecule has 0 saturated heterocycles. The molecule has 0 radical (unpaired) electrons. The Balaban J connectivity index is 1.69. The molecule has 0 atom stereocenters. The highest BCUT2D eigenvalue weighted by molar-refractivity contribution is 7.13. The van der Waals surface area contributed by atoms with Crippen LogP contribution in [0.3, 0.4) is 0 Å². The summed E-state index contributed by atoms with van der Waals surface area (Å²) in [5, 5.41) is 7.44. The summed E-state index contributed by atoms with van der Waals surface area (Å²) in [6.07, 6.45) is 1.50. The zero-order valence-electron chi connectivity index (χ0n) is 11.8. The first kappa shape index (κ1) is 15.6. The summed E-state index contributed by atoms with van der Waals surface area (Å²) < 4.78 is 18.8. The van der Waals surface area contributed by atoms with Gasteiger partial charge in [0.1, 0.15) is 10.7 Å². The Kier molecular flexibility index (Phi) is 4.35. The molecule has 6 nitrogen and oxygen atoms in total. The first-order valence-electron chi connectivity index (χ1n) is 6.51. The molecule has 3 aromatic rings. The summed E-state index contributed by atoms with van der Waals surface area (Å²) in [5.74, 6) is -0.572. The van der Waals surface area contributed by atoms with Gasteiger partial charge in [-0.1, -0.05) is 16.8 Å². The Labute approximate surface area is 139 Å². The third kappa shape index (κ3) is 3.54. The molecule has 2 aromatic heterocycles. The van der Waals surface area contributed by atoms with Crippen LogP contribution in [0.15, 0.2) is 28.9 Å². The molecule has 9 heteroatoms. The molecule has 1 N–H and O–H groups in total. The fraction of sp³-hybridized carbons (Fsp3) is 0.143. The molecular weight excluding hydrogens is 343 g/mol. The van der Waals surface area contributed by atoms with Gasteiger partial charge in [-0.2, -0.15) is 4.98 Å². The molecule has 0 bridgehead atoms. The van der Waals surface area contributed by atoms with Crippen LogP contribution in [0.2, 0.25) is 5.02 Å². The van der Waals surface area contributed by atoms with Crippen molar-refractivity contribution in [3.8, 4) is 11.5 Å². The van der Waals surface area contributed by atoms with Gasteiger partial charge in [-0.05, 0) is 25.1 Å². The molecule has 1 amide bonds. The van der Waals surface area contributed by atoms with Crippen molar-refractivity contribution in [2.75, 3.05) is 0 Å². The summed E-state index contributed by atoms with van der Waals surface area (Å²) in [5.41, 5.74) is 0.151. The number of carbonyl (C=O) groups excluding carboxylic acids is 1. The van der Waals surface area contributed by atoms with Crippen molar-refractivity contribution in [3.63, 3.8) is 0 Å². The lowest BCUT2D eigenvalue weighted by molar-refractivity contribution is 0.0953. The lowest BCUT2D eigenvalue weighted by Crippen LogP contribution is -2.22. The maximum absolute atomic E-state index is 13.8. The van der Waals surface area contributed by atoms with E-state index in [0.29, 0.717) is 4.88 Å². The molecule has 0 aliphatic carbocycles. The van der Waals surface area contributed by atoms with Gasteiger partial charge in [-0.15, -0.1) is 11.3 Å². The maximum atomic E-state index is 13.8. The Morgan fingerprint density at radius 1 is 1.48 bits per heavy atom. The van der Waals surface area contributed by atoms with Crippen LogP contribution in [0.4, 0.5) is 4.39 Å². The van der Waals surface area contributed by atoms with E-state index >= 15 is 0 Å². The molecule has 0 spiro atoms. The first-order chi connectivity index (χ1) is 11.0. The van der Waals surface area contributed by atoms with Gasteiger partial charge in [-0.3, -0.25) is 4.79 Å². The van der Waals surface area contributed by atoms with E-state index in [-0.39, 0.29) is 34.8 Å². The lowest BCUT2D eigenvalue weighted by Gasteiger charge is -1.98. The number of thiazole rings is 1. The largest absolute Gasteiger partial charge is 0.344 e. The monoisotopic (exact) mass is 352 g/mol. The molecule has 0 aliphatic heterocycles. The van der Waals surface area contributed by atoms with Gasteiger partial charge in [0.15, 0.2) is 5.82 Å². The van der Waals surface area contributed by atoms with Crippen LogP contribution in [0.5, 0.6) is 0 Å². The van der Waals surface area contributed by atoms with E-state index < -0.39 is 5.82 Å². The van der Waals surface area contributed by atoms with Crippen molar-refractivity contribution < 1.29 is 13.7 Å². The smallest absolute Gasteiger partial charge is 0.263 e. The topological polar surface area (TPSA) is 80.9 Å². The molecular formula is C14H10ClFN4O2S. The van der Waals surface area contributed by atoms with E-state index in [0.717, 1.165) is 11.1 Å². The third-order valence-electron chi connectivity index (χ3n) is 2.88. The standard InChI is InChI=1S/C14H10ClFN4O2S/c1-7-17-5-11(23-7)13(21)18-6-12-19-14(22-20-12)9-3-2-8(15)4-10(9)16/h2-5H,6H2,1H3,(H,18,21). The molecule has 1 aromatic carbocycles. The maximum Gasteiger partial charge on any atom is 0.263 e. The van der Waals surface area contributed by atoms with Crippen molar-refractivity contribution in [1.29, 1.82) is 0 Å². The third-order valence-corrected chi connectivity index (χ3v) is 4.03. The zero-order chi connectivity index (χ0) is 16.4. The number of hydrogen-bond donors (Lipinski definition) is 1. The number of nitrogens with one attached hydrogen (secondary N) is 1. The van der Waals surface area contributed by atoms with Crippen LogP contribution in [-0.4, -0.2) is 21.0 Å². The van der Waals surface area contributed by atoms with Crippen molar-refractivity contribution in [2.45, 2.75) is 13.5 Å². The quantitative estimate of drug-likeness (QED) is 0.779. The Hall–Kier alpha value is -2.32. The summed E-state index contributed by atoms with van der Waals surface area (Å²) in [6.45, 7) is 1.88. The van der Waals surface area contributed by atoms with Crippen LogP contribution in [0.1, 0.15) is 20.5 Å². The zero-order valence-corrected chi connectivity index (χ0v) is 13.4. The Morgan fingerprint density at radius 2 is 2.30 bits per heavy atom. The minimum absolute atomic E-state index is 0.0250. The molecule has 0 fully saturated rings. The molecule has 0 unspecified atom stereocenters. The van der Waals surface area contributed by atoms with Gasteiger partial charge in [-0.25, -0.2) is 9.37 Å². The van der Waals surface area contributed by atoms with Crippen LogP contribution < -0.4 is 5.32 Å². The van der Waals surface area contributed by atoms with Crippen molar-refractivity contribution >= 4 is 28.8 Å². The number of amides is 1. The second kappa shape index (κ2) is 6.43. The van der Waals surface area contributed by atoms with Crippen LogP contribution in [-0.2, 0) is 6.54 Å². The molecule has 2 heterocycles. The molecule has 0 saturated carbocycles. The second-order valence-corrected chi connectivity index (χ2v) is 6.24. The minimum Gasteiger partial charge on any atom is -0.344 e. The van der Waals surface area contributed by atoms with E-state index in [2.05, 4.69) is 20.4 Å². The normalized spacial score (nSPS) is 10.7. The number of nitrogens with zero attached hydrogens (tertiary/aromatic N) is 3. The highest BCUT2D eigenvalue weighted by Crippen LogP contribution is 2.23. The van der Waals surface area contributed by atoms with E-state index in [4.69, 9.17) is 16.1 Å². The highest BCUT2D eigenvalue weighted by atomic mass is 35.5. The second-order valence-electron chi connectivity index (χ2n) is 4.57. The average Bonchev–Trinajstić information content (AvgIpc) is 3.14. The van der Waals surface area contributed by atoms with E-state index in [1.807, 2.05) is 6.92 Å². The van der Waals surface area contributed by atoms with E-state index in [1.165, 1.54) is 29.7 Å². The molecule has 3 rings (SSSR count). The van der Waals surface area contributed by atoms with Gasteiger partial charge < -0.3 is 9.84 Å². The number of carbonyl (C=O) groups is 1. The van der Waals surface area contributed by atoms with Gasteiger partial charge in [0, 0.05) is 5.02 Å². The predicted octanol–water partition coefficient (Wildman–Crippen LogP) is 3.22.